The third kappa shape index (κ3) is 12.4. The SMILES string of the molecule is CCCCCCCCCNCCBr. The van der Waals surface area contributed by atoms with Crippen LogP contribution in [-0.4, -0.2) is 18.4 Å². The number of nitrogens with one attached hydrogen (secondary N) is 1. The zero-order chi connectivity index (χ0) is 9.78. The first-order valence-corrected chi connectivity index (χ1v) is 6.80. The van der Waals surface area contributed by atoms with E-state index in [-0.39, 0.29) is 0 Å². The first-order valence-electron chi connectivity index (χ1n) is 5.68. The van der Waals surface area contributed by atoms with Crippen LogP contribution >= 0.6 is 15.9 Å². The van der Waals surface area contributed by atoms with Crippen LogP contribution in [0.25, 0.3) is 0 Å². The van der Waals surface area contributed by atoms with Crippen LogP contribution in [0.1, 0.15) is 51.9 Å². The summed E-state index contributed by atoms with van der Waals surface area (Å²) in [7, 11) is 0. The zero-order valence-corrected chi connectivity index (χ0v) is 10.5. The Balaban J connectivity index is 2.76. The molecule has 0 aromatic heterocycles. The Morgan fingerprint density at radius 2 is 1.46 bits per heavy atom. The van der Waals surface area contributed by atoms with Crippen LogP contribution in [0.2, 0.25) is 0 Å². The molecule has 80 valence electrons. The number of hydrogen-bond acceptors (Lipinski definition) is 1. The Hall–Kier alpha value is 0.440. The van der Waals surface area contributed by atoms with Crippen LogP contribution < -0.4 is 5.32 Å². The van der Waals surface area contributed by atoms with E-state index < -0.39 is 0 Å². The molecular formula is C11H24BrN. The molecule has 0 fully saturated rings. The second-order valence-corrected chi connectivity index (χ2v) is 4.35. The highest BCUT2D eigenvalue weighted by Gasteiger charge is 1.90. The van der Waals surface area contributed by atoms with Gasteiger partial charge in [0, 0.05) is 11.9 Å². The lowest BCUT2D eigenvalue weighted by atomic mass is 10.1. The Morgan fingerprint density at radius 1 is 0.846 bits per heavy atom. The molecule has 2 heteroatoms. The number of halogens is 1. The Morgan fingerprint density at radius 3 is 2.08 bits per heavy atom. The summed E-state index contributed by atoms with van der Waals surface area (Å²) >= 11 is 3.40. The van der Waals surface area contributed by atoms with Crippen molar-refractivity contribution in [2.75, 3.05) is 18.4 Å². The van der Waals surface area contributed by atoms with Gasteiger partial charge in [0.15, 0.2) is 0 Å². The number of hydrogen-bond donors (Lipinski definition) is 1. The molecule has 0 aromatic carbocycles. The summed E-state index contributed by atoms with van der Waals surface area (Å²) in [5.74, 6) is 0. The van der Waals surface area contributed by atoms with Gasteiger partial charge in [0.2, 0.25) is 0 Å². The van der Waals surface area contributed by atoms with Gasteiger partial charge in [-0.2, -0.15) is 0 Å². The van der Waals surface area contributed by atoms with Gasteiger partial charge < -0.3 is 5.32 Å². The lowest BCUT2D eigenvalue weighted by Crippen LogP contribution is -2.17. The maximum atomic E-state index is 3.40. The van der Waals surface area contributed by atoms with Gasteiger partial charge in [0.25, 0.3) is 0 Å². The highest BCUT2D eigenvalue weighted by molar-refractivity contribution is 9.09. The van der Waals surface area contributed by atoms with Crippen molar-refractivity contribution in [2.45, 2.75) is 51.9 Å². The summed E-state index contributed by atoms with van der Waals surface area (Å²) in [5, 5.41) is 4.46. The van der Waals surface area contributed by atoms with Gasteiger partial charge in [-0.1, -0.05) is 61.4 Å². The molecule has 0 aliphatic rings. The normalized spacial score (nSPS) is 10.6. The van der Waals surface area contributed by atoms with Gasteiger partial charge in [0.05, 0.1) is 0 Å². The van der Waals surface area contributed by atoms with Crippen molar-refractivity contribution in [3.05, 3.63) is 0 Å². The van der Waals surface area contributed by atoms with Crippen LogP contribution in [0, 0.1) is 0 Å². The highest BCUT2D eigenvalue weighted by atomic mass is 79.9. The van der Waals surface area contributed by atoms with Crippen molar-refractivity contribution < 1.29 is 0 Å². The zero-order valence-electron chi connectivity index (χ0n) is 8.95. The van der Waals surface area contributed by atoms with Gasteiger partial charge in [-0.15, -0.1) is 0 Å². The van der Waals surface area contributed by atoms with Crippen molar-refractivity contribution in [1.29, 1.82) is 0 Å². The van der Waals surface area contributed by atoms with Crippen LogP contribution in [0.5, 0.6) is 0 Å². The summed E-state index contributed by atoms with van der Waals surface area (Å²) < 4.78 is 0. The predicted molar refractivity (Wildman–Crippen MR) is 64.7 cm³/mol. The predicted octanol–water partition coefficient (Wildman–Crippen LogP) is 3.72. The van der Waals surface area contributed by atoms with Crippen molar-refractivity contribution in [2.24, 2.45) is 0 Å². The molecule has 13 heavy (non-hydrogen) atoms. The number of unbranched alkanes of at least 4 members (excludes halogenated alkanes) is 6. The Bertz CT molecular complexity index is 76.2. The Kier molecular flexibility index (Phi) is 12.9. The van der Waals surface area contributed by atoms with Crippen LogP contribution in [0.3, 0.4) is 0 Å². The van der Waals surface area contributed by atoms with E-state index in [4.69, 9.17) is 0 Å². The maximum absolute atomic E-state index is 3.40. The minimum Gasteiger partial charge on any atom is -0.316 e. The van der Waals surface area contributed by atoms with Crippen LogP contribution in [0.4, 0.5) is 0 Å². The lowest BCUT2D eigenvalue weighted by Gasteiger charge is -2.02. The third-order valence-electron chi connectivity index (χ3n) is 2.23. The fourth-order valence-electron chi connectivity index (χ4n) is 1.40. The average molecular weight is 250 g/mol. The maximum Gasteiger partial charge on any atom is 0.0157 e. The molecular weight excluding hydrogens is 226 g/mol. The van der Waals surface area contributed by atoms with Gasteiger partial charge in [-0.25, -0.2) is 0 Å². The standard InChI is InChI=1S/C11H24BrN/c1-2-3-4-5-6-7-8-10-13-11-9-12/h13H,2-11H2,1H3. The smallest absolute Gasteiger partial charge is 0.0157 e. The van der Waals surface area contributed by atoms with E-state index in [2.05, 4.69) is 28.2 Å². The first-order chi connectivity index (χ1) is 6.41. The second-order valence-electron chi connectivity index (χ2n) is 3.56. The molecule has 0 aromatic rings. The molecule has 0 saturated heterocycles. The molecule has 0 saturated carbocycles. The largest absolute Gasteiger partial charge is 0.316 e. The fourth-order valence-corrected chi connectivity index (χ4v) is 1.68. The molecule has 0 rings (SSSR count). The minimum absolute atomic E-state index is 1.07. The highest BCUT2D eigenvalue weighted by Crippen LogP contribution is 2.06. The molecule has 0 heterocycles. The van der Waals surface area contributed by atoms with Gasteiger partial charge in [-0.3, -0.25) is 0 Å². The molecule has 0 aliphatic heterocycles. The van der Waals surface area contributed by atoms with E-state index >= 15 is 0 Å². The summed E-state index contributed by atoms with van der Waals surface area (Å²) in [4.78, 5) is 0. The summed E-state index contributed by atoms with van der Waals surface area (Å²) in [5.41, 5.74) is 0. The topological polar surface area (TPSA) is 12.0 Å². The molecule has 0 bridgehead atoms. The van der Waals surface area contributed by atoms with Crippen molar-refractivity contribution >= 4 is 15.9 Å². The lowest BCUT2D eigenvalue weighted by molar-refractivity contribution is 0.570. The van der Waals surface area contributed by atoms with E-state index in [9.17, 15) is 0 Å². The van der Waals surface area contributed by atoms with E-state index in [1.54, 1.807) is 0 Å². The van der Waals surface area contributed by atoms with E-state index in [0.717, 1.165) is 11.9 Å². The van der Waals surface area contributed by atoms with Crippen molar-refractivity contribution in [1.82, 2.24) is 5.32 Å². The monoisotopic (exact) mass is 249 g/mol. The molecule has 0 atom stereocenters. The second kappa shape index (κ2) is 12.4. The molecule has 0 spiro atoms. The summed E-state index contributed by atoms with van der Waals surface area (Å²) in [6.07, 6.45) is 9.82. The number of rotatable bonds is 10. The summed E-state index contributed by atoms with van der Waals surface area (Å²) in [6, 6.07) is 0. The van der Waals surface area contributed by atoms with Gasteiger partial charge >= 0.3 is 0 Å². The molecule has 0 aliphatic carbocycles. The quantitative estimate of drug-likeness (QED) is 0.460. The van der Waals surface area contributed by atoms with Crippen molar-refractivity contribution in [3.63, 3.8) is 0 Å². The Labute approximate surface area is 91.8 Å². The van der Waals surface area contributed by atoms with Gasteiger partial charge in [0.1, 0.15) is 0 Å². The number of alkyl halides is 1. The molecule has 0 unspecified atom stereocenters. The van der Waals surface area contributed by atoms with E-state index in [1.807, 2.05) is 0 Å². The fraction of sp³-hybridized carbons (Fsp3) is 1.00. The average Bonchev–Trinajstić information content (AvgIpc) is 2.16. The van der Waals surface area contributed by atoms with E-state index in [1.165, 1.54) is 51.5 Å². The minimum atomic E-state index is 1.07. The molecule has 1 N–H and O–H groups in total. The molecule has 0 amide bonds. The molecule has 0 radical (unpaired) electrons. The summed E-state index contributed by atoms with van der Waals surface area (Å²) in [6.45, 7) is 4.57. The molecule has 1 nitrogen and oxygen atoms in total. The van der Waals surface area contributed by atoms with Gasteiger partial charge in [-0.05, 0) is 13.0 Å². The van der Waals surface area contributed by atoms with E-state index in [0.29, 0.717) is 0 Å². The van der Waals surface area contributed by atoms with Crippen LogP contribution in [-0.2, 0) is 0 Å². The first kappa shape index (κ1) is 13.4. The van der Waals surface area contributed by atoms with Crippen molar-refractivity contribution in [3.8, 4) is 0 Å². The van der Waals surface area contributed by atoms with Crippen LogP contribution in [0.15, 0.2) is 0 Å². The third-order valence-corrected chi connectivity index (χ3v) is 2.62.